The third-order valence-corrected chi connectivity index (χ3v) is 4.01. The normalized spacial score (nSPS) is 10.2. The number of carboxylic acids is 1. The first kappa shape index (κ1) is 15.6. The van der Waals surface area contributed by atoms with Crippen molar-refractivity contribution in [1.29, 1.82) is 0 Å². The standard InChI is InChI=1S/C15H12BrNO3S/c1-21-11-4-2-3-9(7-11)14(18)17-13-6-5-10(16)8-12(13)15(19)20/h2-8H,1H3,(H,17,18)(H,19,20). The zero-order valence-electron chi connectivity index (χ0n) is 11.1. The number of benzene rings is 2. The lowest BCUT2D eigenvalue weighted by atomic mass is 10.1. The largest absolute Gasteiger partial charge is 0.478 e. The van der Waals surface area contributed by atoms with Crippen LogP contribution >= 0.6 is 27.7 Å². The van der Waals surface area contributed by atoms with E-state index < -0.39 is 5.97 Å². The van der Waals surface area contributed by atoms with Gasteiger partial charge >= 0.3 is 5.97 Å². The molecule has 1 amide bonds. The Labute approximate surface area is 134 Å². The topological polar surface area (TPSA) is 66.4 Å². The van der Waals surface area contributed by atoms with E-state index >= 15 is 0 Å². The van der Waals surface area contributed by atoms with E-state index in [0.717, 1.165) is 4.90 Å². The van der Waals surface area contributed by atoms with E-state index in [1.54, 1.807) is 30.3 Å². The number of hydrogen-bond donors (Lipinski definition) is 2. The molecule has 0 unspecified atom stereocenters. The predicted molar refractivity (Wildman–Crippen MR) is 87.3 cm³/mol. The SMILES string of the molecule is CSc1cccc(C(=O)Nc2ccc(Br)cc2C(=O)O)c1. The van der Waals surface area contributed by atoms with Crippen molar-refractivity contribution < 1.29 is 14.7 Å². The summed E-state index contributed by atoms with van der Waals surface area (Å²) in [6, 6.07) is 11.8. The molecule has 0 atom stereocenters. The quantitative estimate of drug-likeness (QED) is 0.799. The summed E-state index contributed by atoms with van der Waals surface area (Å²) >= 11 is 4.75. The number of thioether (sulfide) groups is 1. The fourth-order valence-corrected chi connectivity index (χ4v) is 2.58. The molecule has 21 heavy (non-hydrogen) atoms. The van der Waals surface area contributed by atoms with Crippen LogP contribution < -0.4 is 5.32 Å². The lowest BCUT2D eigenvalue weighted by Crippen LogP contribution is -2.14. The first-order valence-corrected chi connectivity index (χ1v) is 8.01. The predicted octanol–water partition coefficient (Wildman–Crippen LogP) is 4.12. The maximum absolute atomic E-state index is 12.2. The Morgan fingerprint density at radius 2 is 1.95 bits per heavy atom. The Kier molecular flexibility index (Phi) is 5.03. The maximum atomic E-state index is 12.2. The maximum Gasteiger partial charge on any atom is 0.337 e. The van der Waals surface area contributed by atoms with Gasteiger partial charge in [0.05, 0.1) is 11.3 Å². The van der Waals surface area contributed by atoms with Crippen LogP contribution in [0, 0.1) is 0 Å². The zero-order valence-corrected chi connectivity index (χ0v) is 13.5. The van der Waals surface area contributed by atoms with Crippen LogP contribution in [0.15, 0.2) is 51.8 Å². The number of nitrogens with one attached hydrogen (secondary N) is 1. The Bertz CT molecular complexity index is 703. The highest BCUT2D eigenvalue weighted by Crippen LogP contribution is 2.22. The fraction of sp³-hybridized carbons (Fsp3) is 0.0667. The van der Waals surface area contributed by atoms with Gasteiger partial charge in [0.1, 0.15) is 0 Å². The Hall–Kier alpha value is -1.79. The van der Waals surface area contributed by atoms with Gasteiger partial charge < -0.3 is 10.4 Å². The number of carbonyl (C=O) groups excluding carboxylic acids is 1. The summed E-state index contributed by atoms with van der Waals surface area (Å²) < 4.78 is 0.641. The van der Waals surface area contributed by atoms with Crippen molar-refractivity contribution in [3.8, 4) is 0 Å². The molecule has 0 saturated heterocycles. The van der Waals surface area contributed by atoms with E-state index in [1.165, 1.54) is 17.8 Å². The monoisotopic (exact) mass is 365 g/mol. The average Bonchev–Trinajstić information content (AvgIpc) is 2.48. The molecular weight excluding hydrogens is 354 g/mol. The van der Waals surface area contributed by atoms with Gasteiger partial charge in [-0.1, -0.05) is 22.0 Å². The molecule has 0 radical (unpaired) electrons. The number of carbonyl (C=O) groups is 2. The minimum atomic E-state index is -1.09. The molecule has 0 saturated carbocycles. The van der Waals surface area contributed by atoms with Crippen molar-refractivity contribution in [3.05, 3.63) is 58.1 Å². The lowest BCUT2D eigenvalue weighted by molar-refractivity contribution is 0.0698. The average molecular weight is 366 g/mol. The molecule has 108 valence electrons. The van der Waals surface area contributed by atoms with E-state index in [4.69, 9.17) is 0 Å². The molecule has 4 nitrogen and oxygen atoms in total. The van der Waals surface area contributed by atoms with E-state index in [9.17, 15) is 14.7 Å². The van der Waals surface area contributed by atoms with Crippen LogP contribution in [0.1, 0.15) is 20.7 Å². The number of halogens is 1. The van der Waals surface area contributed by atoms with Crippen LogP contribution in [-0.2, 0) is 0 Å². The highest BCUT2D eigenvalue weighted by atomic mass is 79.9. The van der Waals surface area contributed by atoms with Crippen molar-refractivity contribution in [2.45, 2.75) is 4.90 Å². The second kappa shape index (κ2) is 6.78. The molecule has 2 aromatic rings. The third kappa shape index (κ3) is 3.86. The molecule has 0 aromatic heterocycles. The summed E-state index contributed by atoms with van der Waals surface area (Å²) in [6.07, 6.45) is 1.92. The van der Waals surface area contributed by atoms with E-state index in [2.05, 4.69) is 21.2 Å². The molecular formula is C15H12BrNO3S. The summed E-state index contributed by atoms with van der Waals surface area (Å²) in [4.78, 5) is 24.4. The van der Waals surface area contributed by atoms with Gasteiger partial charge in [0.15, 0.2) is 0 Å². The molecule has 0 aliphatic rings. The van der Waals surface area contributed by atoms with Crippen LogP contribution in [-0.4, -0.2) is 23.2 Å². The van der Waals surface area contributed by atoms with Crippen LogP contribution in [0.2, 0.25) is 0 Å². The smallest absolute Gasteiger partial charge is 0.337 e. The minimum absolute atomic E-state index is 0.0405. The number of aromatic carboxylic acids is 1. The van der Waals surface area contributed by atoms with Gasteiger partial charge in [-0.25, -0.2) is 4.79 Å². The second-order valence-corrected chi connectivity index (χ2v) is 5.98. The molecule has 0 spiro atoms. The van der Waals surface area contributed by atoms with Crippen LogP contribution in [0.5, 0.6) is 0 Å². The van der Waals surface area contributed by atoms with Crippen molar-refractivity contribution in [1.82, 2.24) is 0 Å². The van der Waals surface area contributed by atoms with Crippen molar-refractivity contribution >= 4 is 45.3 Å². The number of carboxylic acid groups (broad SMARTS) is 1. The zero-order chi connectivity index (χ0) is 15.4. The van der Waals surface area contributed by atoms with Crippen LogP contribution in [0.3, 0.4) is 0 Å². The number of anilines is 1. The third-order valence-electron chi connectivity index (χ3n) is 2.79. The summed E-state index contributed by atoms with van der Waals surface area (Å²) in [7, 11) is 0. The fourth-order valence-electron chi connectivity index (χ4n) is 1.76. The van der Waals surface area contributed by atoms with Crippen LogP contribution in [0.25, 0.3) is 0 Å². The van der Waals surface area contributed by atoms with Gasteiger partial charge in [-0.05, 0) is 42.7 Å². The molecule has 0 aliphatic heterocycles. The molecule has 2 N–H and O–H groups in total. The van der Waals surface area contributed by atoms with Crippen molar-refractivity contribution in [2.24, 2.45) is 0 Å². The molecule has 0 fully saturated rings. The highest BCUT2D eigenvalue weighted by Gasteiger charge is 2.14. The van der Waals surface area contributed by atoms with Crippen molar-refractivity contribution in [2.75, 3.05) is 11.6 Å². The van der Waals surface area contributed by atoms with Gasteiger partial charge in [-0.3, -0.25) is 4.79 Å². The van der Waals surface area contributed by atoms with E-state index in [1.807, 2.05) is 12.3 Å². The highest BCUT2D eigenvalue weighted by molar-refractivity contribution is 9.10. The Balaban J connectivity index is 2.29. The van der Waals surface area contributed by atoms with Gasteiger partial charge in [-0.2, -0.15) is 0 Å². The van der Waals surface area contributed by atoms with Gasteiger partial charge in [0.2, 0.25) is 0 Å². The summed E-state index contributed by atoms with van der Waals surface area (Å²) in [6.45, 7) is 0. The minimum Gasteiger partial charge on any atom is -0.478 e. The molecule has 0 bridgehead atoms. The van der Waals surface area contributed by atoms with Gasteiger partial charge in [0.25, 0.3) is 5.91 Å². The molecule has 2 rings (SSSR count). The number of hydrogen-bond acceptors (Lipinski definition) is 3. The summed E-state index contributed by atoms with van der Waals surface area (Å²) in [5.74, 6) is -1.43. The number of rotatable bonds is 4. The first-order chi connectivity index (χ1) is 10.0. The molecule has 2 aromatic carbocycles. The molecule has 0 aliphatic carbocycles. The first-order valence-electron chi connectivity index (χ1n) is 5.99. The Morgan fingerprint density at radius 1 is 1.19 bits per heavy atom. The summed E-state index contributed by atoms with van der Waals surface area (Å²) in [5.41, 5.74) is 0.796. The van der Waals surface area contributed by atoms with Gasteiger partial charge in [0, 0.05) is 14.9 Å². The lowest BCUT2D eigenvalue weighted by Gasteiger charge is -2.09. The van der Waals surface area contributed by atoms with Gasteiger partial charge in [-0.15, -0.1) is 11.8 Å². The summed E-state index contributed by atoms with van der Waals surface area (Å²) in [5, 5.41) is 11.8. The Morgan fingerprint density at radius 3 is 2.62 bits per heavy atom. The van der Waals surface area contributed by atoms with E-state index in [-0.39, 0.29) is 17.2 Å². The van der Waals surface area contributed by atoms with Crippen molar-refractivity contribution in [3.63, 3.8) is 0 Å². The van der Waals surface area contributed by atoms with E-state index in [0.29, 0.717) is 10.0 Å². The second-order valence-electron chi connectivity index (χ2n) is 4.18. The molecule has 6 heteroatoms. The molecule has 0 heterocycles. The number of amides is 1. The van der Waals surface area contributed by atoms with Crippen LogP contribution in [0.4, 0.5) is 5.69 Å².